The number of hydrogen-bond donors (Lipinski definition) is 1. The van der Waals surface area contributed by atoms with Gasteiger partial charge in [-0.3, -0.25) is 4.68 Å². The van der Waals surface area contributed by atoms with Gasteiger partial charge >= 0.3 is 0 Å². The predicted molar refractivity (Wildman–Crippen MR) is 68.5 cm³/mol. The summed E-state index contributed by atoms with van der Waals surface area (Å²) in [6.45, 7) is 5.49. The van der Waals surface area contributed by atoms with Gasteiger partial charge in [0.25, 0.3) is 0 Å². The van der Waals surface area contributed by atoms with Crippen LogP contribution in [-0.4, -0.2) is 16.8 Å². The zero-order valence-corrected chi connectivity index (χ0v) is 10.9. The summed E-state index contributed by atoms with van der Waals surface area (Å²) in [4.78, 5) is 0. The van der Waals surface area contributed by atoms with Crippen LogP contribution >= 0.6 is 0 Å². The highest BCUT2D eigenvalue weighted by Gasteiger charge is 2.08. The Morgan fingerprint density at radius 3 is 2.75 bits per heavy atom. The van der Waals surface area contributed by atoms with Crippen LogP contribution in [0.5, 0.6) is 0 Å². The number of hydrogen-bond acceptors (Lipinski definition) is 2. The summed E-state index contributed by atoms with van der Waals surface area (Å²) in [5.41, 5.74) is 1.31. The van der Waals surface area contributed by atoms with Crippen molar-refractivity contribution in [1.82, 2.24) is 15.1 Å². The summed E-state index contributed by atoms with van der Waals surface area (Å²) in [7, 11) is 2.01. The summed E-state index contributed by atoms with van der Waals surface area (Å²) in [5.74, 6) is 0. The molecule has 1 aromatic heterocycles. The van der Waals surface area contributed by atoms with E-state index in [0.717, 1.165) is 13.0 Å². The molecule has 0 radical (unpaired) electrons. The Bertz CT molecular complexity index is 276. The average Bonchev–Trinajstić information content (AvgIpc) is 2.75. The monoisotopic (exact) mass is 223 g/mol. The molecule has 0 aromatic carbocycles. The Morgan fingerprint density at radius 1 is 1.31 bits per heavy atom. The van der Waals surface area contributed by atoms with E-state index in [4.69, 9.17) is 0 Å². The highest BCUT2D eigenvalue weighted by Crippen LogP contribution is 2.15. The number of nitrogens with one attached hydrogen (secondary N) is 1. The molecule has 1 aromatic rings. The lowest BCUT2D eigenvalue weighted by molar-refractivity contribution is 0.537. The summed E-state index contributed by atoms with van der Waals surface area (Å²) < 4.78 is 2.07. The zero-order valence-electron chi connectivity index (χ0n) is 10.9. The van der Waals surface area contributed by atoms with Crippen molar-refractivity contribution < 1.29 is 0 Å². The molecule has 0 spiro atoms. The first-order valence-corrected chi connectivity index (χ1v) is 6.51. The third-order valence-corrected chi connectivity index (χ3v) is 3.05. The molecule has 1 heterocycles. The second-order valence-electron chi connectivity index (χ2n) is 4.35. The van der Waals surface area contributed by atoms with Crippen molar-refractivity contribution in [3.63, 3.8) is 0 Å². The van der Waals surface area contributed by atoms with E-state index in [1.807, 2.05) is 13.2 Å². The molecule has 16 heavy (non-hydrogen) atoms. The largest absolute Gasteiger partial charge is 0.313 e. The molecule has 0 bridgehead atoms. The van der Waals surface area contributed by atoms with E-state index < -0.39 is 0 Å². The molecule has 3 nitrogen and oxygen atoms in total. The molecular weight excluding hydrogens is 198 g/mol. The molecule has 1 unspecified atom stereocenters. The Hall–Kier alpha value is -0.830. The van der Waals surface area contributed by atoms with Crippen LogP contribution in [0.4, 0.5) is 0 Å². The summed E-state index contributed by atoms with van der Waals surface area (Å²) in [6, 6.07) is 0.449. The minimum atomic E-state index is 0.449. The number of nitrogens with zero attached hydrogens (tertiary/aromatic N) is 2. The van der Waals surface area contributed by atoms with Crippen molar-refractivity contribution in [2.75, 3.05) is 7.05 Å². The van der Waals surface area contributed by atoms with Gasteiger partial charge in [0.1, 0.15) is 0 Å². The van der Waals surface area contributed by atoms with E-state index in [1.54, 1.807) is 0 Å². The molecule has 0 amide bonds. The van der Waals surface area contributed by atoms with Crippen LogP contribution in [0.1, 0.15) is 57.6 Å². The number of aromatic nitrogens is 2. The maximum atomic E-state index is 4.41. The Morgan fingerprint density at radius 2 is 2.12 bits per heavy atom. The molecule has 0 aliphatic heterocycles. The van der Waals surface area contributed by atoms with Crippen molar-refractivity contribution in [2.24, 2.45) is 0 Å². The molecule has 0 saturated heterocycles. The van der Waals surface area contributed by atoms with E-state index in [9.17, 15) is 0 Å². The second-order valence-corrected chi connectivity index (χ2v) is 4.35. The van der Waals surface area contributed by atoms with Crippen molar-refractivity contribution in [1.29, 1.82) is 0 Å². The second kappa shape index (κ2) is 7.44. The van der Waals surface area contributed by atoms with E-state index in [2.05, 4.69) is 35.1 Å². The van der Waals surface area contributed by atoms with Crippen LogP contribution in [0.2, 0.25) is 0 Å². The van der Waals surface area contributed by atoms with Gasteiger partial charge in [-0.25, -0.2) is 0 Å². The molecule has 92 valence electrons. The van der Waals surface area contributed by atoms with Gasteiger partial charge < -0.3 is 5.32 Å². The molecule has 0 aliphatic carbocycles. The maximum Gasteiger partial charge on any atom is 0.0537 e. The molecule has 1 N–H and O–H groups in total. The van der Waals surface area contributed by atoms with Gasteiger partial charge in [0.15, 0.2) is 0 Å². The van der Waals surface area contributed by atoms with Gasteiger partial charge in [-0.15, -0.1) is 0 Å². The van der Waals surface area contributed by atoms with E-state index in [1.165, 1.54) is 31.2 Å². The van der Waals surface area contributed by atoms with Crippen molar-refractivity contribution >= 4 is 0 Å². The van der Waals surface area contributed by atoms with Crippen LogP contribution < -0.4 is 5.32 Å². The predicted octanol–water partition coefficient (Wildman–Crippen LogP) is 3.13. The third kappa shape index (κ3) is 3.97. The number of rotatable bonds is 8. The van der Waals surface area contributed by atoms with Crippen molar-refractivity contribution in [3.05, 3.63) is 18.0 Å². The molecule has 3 heteroatoms. The average molecular weight is 223 g/mol. The molecule has 0 fully saturated rings. The first-order valence-electron chi connectivity index (χ1n) is 6.51. The van der Waals surface area contributed by atoms with Gasteiger partial charge in [0.2, 0.25) is 0 Å². The zero-order chi connectivity index (χ0) is 11.8. The molecular formula is C13H25N3. The summed E-state index contributed by atoms with van der Waals surface area (Å²) in [5, 5.41) is 7.71. The molecule has 0 aliphatic rings. The standard InChI is InChI=1S/C13H25N3/c1-4-6-7-8-9-16-11-12(10-15-16)13(5-2)14-3/h10-11,13-14H,4-9H2,1-3H3. The SMILES string of the molecule is CCCCCCn1cc(C(CC)NC)cn1. The number of unbranched alkanes of at least 4 members (excludes halogenated alkanes) is 3. The highest BCUT2D eigenvalue weighted by atomic mass is 15.3. The van der Waals surface area contributed by atoms with E-state index in [0.29, 0.717) is 6.04 Å². The molecule has 0 saturated carbocycles. The minimum absolute atomic E-state index is 0.449. The quantitative estimate of drug-likeness (QED) is 0.686. The lowest BCUT2D eigenvalue weighted by Gasteiger charge is -2.10. The lowest BCUT2D eigenvalue weighted by atomic mass is 10.1. The van der Waals surface area contributed by atoms with Gasteiger partial charge in [0, 0.05) is 24.3 Å². The summed E-state index contributed by atoms with van der Waals surface area (Å²) >= 11 is 0. The fourth-order valence-corrected chi connectivity index (χ4v) is 1.99. The highest BCUT2D eigenvalue weighted by molar-refractivity contribution is 5.09. The van der Waals surface area contributed by atoms with Gasteiger partial charge in [-0.1, -0.05) is 33.1 Å². The summed E-state index contributed by atoms with van der Waals surface area (Å²) in [6.07, 6.45) is 10.5. The van der Waals surface area contributed by atoms with Crippen molar-refractivity contribution in [2.45, 2.75) is 58.5 Å². The van der Waals surface area contributed by atoms with Gasteiger partial charge in [0.05, 0.1) is 6.20 Å². The Kier molecular flexibility index (Phi) is 6.16. The van der Waals surface area contributed by atoms with Gasteiger partial charge in [-0.2, -0.15) is 5.10 Å². The van der Waals surface area contributed by atoms with Crippen LogP contribution in [0.25, 0.3) is 0 Å². The fourth-order valence-electron chi connectivity index (χ4n) is 1.99. The topological polar surface area (TPSA) is 29.9 Å². The minimum Gasteiger partial charge on any atom is -0.313 e. The lowest BCUT2D eigenvalue weighted by Crippen LogP contribution is -2.14. The Labute approximate surface area is 99.2 Å². The number of aryl methyl sites for hydroxylation is 1. The normalized spacial score (nSPS) is 12.9. The fraction of sp³-hybridized carbons (Fsp3) is 0.769. The smallest absolute Gasteiger partial charge is 0.0537 e. The first-order chi connectivity index (χ1) is 7.81. The van der Waals surface area contributed by atoms with E-state index >= 15 is 0 Å². The van der Waals surface area contributed by atoms with Crippen LogP contribution in [-0.2, 0) is 6.54 Å². The van der Waals surface area contributed by atoms with Gasteiger partial charge in [-0.05, 0) is 19.9 Å². The van der Waals surface area contributed by atoms with Crippen LogP contribution in [0.15, 0.2) is 12.4 Å². The Balaban J connectivity index is 2.38. The maximum absolute atomic E-state index is 4.41. The van der Waals surface area contributed by atoms with Crippen molar-refractivity contribution in [3.8, 4) is 0 Å². The third-order valence-electron chi connectivity index (χ3n) is 3.05. The van der Waals surface area contributed by atoms with E-state index in [-0.39, 0.29) is 0 Å². The van der Waals surface area contributed by atoms with Crippen LogP contribution in [0.3, 0.4) is 0 Å². The molecule has 1 atom stereocenters. The van der Waals surface area contributed by atoms with Crippen LogP contribution in [0, 0.1) is 0 Å². The first kappa shape index (κ1) is 13.2. The molecule has 1 rings (SSSR count).